The molecule has 2 aromatic rings. The van der Waals surface area contributed by atoms with E-state index in [0.29, 0.717) is 6.54 Å². The van der Waals surface area contributed by atoms with Crippen LogP contribution in [0.1, 0.15) is 36.5 Å². The quantitative estimate of drug-likeness (QED) is 0.866. The Balaban J connectivity index is 1.68. The van der Waals surface area contributed by atoms with Crippen molar-refractivity contribution in [1.82, 2.24) is 4.90 Å². The normalized spacial score (nSPS) is 17.9. The van der Waals surface area contributed by atoms with Gasteiger partial charge in [0.2, 0.25) is 5.91 Å². The van der Waals surface area contributed by atoms with Crippen molar-refractivity contribution in [2.45, 2.75) is 25.4 Å². The smallest absolute Gasteiger partial charge is 0.248 e. The van der Waals surface area contributed by atoms with E-state index in [4.69, 9.17) is 4.74 Å². The average molecular weight is 353 g/mol. The summed E-state index contributed by atoms with van der Waals surface area (Å²) in [6, 6.07) is 20.0. The number of rotatable bonds is 6. The highest BCUT2D eigenvalue weighted by Gasteiger charge is 2.23. The van der Waals surface area contributed by atoms with E-state index in [9.17, 15) is 9.90 Å². The standard InChI is InChI=1S/C22H27NO3/c24-16-18-9-7-8-14-23(15-18)21(25)17-26-22(19-10-3-1-4-11-19)20-12-5-2-6-13-20/h1-6,10-13,18,22,24H,7-9,14-17H2. The number of hydrogen-bond acceptors (Lipinski definition) is 3. The van der Waals surface area contributed by atoms with Crippen LogP contribution >= 0.6 is 0 Å². The Morgan fingerprint density at radius 1 is 1.04 bits per heavy atom. The van der Waals surface area contributed by atoms with Gasteiger partial charge in [-0.1, -0.05) is 67.1 Å². The highest BCUT2D eigenvalue weighted by molar-refractivity contribution is 5.77. The van der Waals surface area contributed by atoms with Gasteiger partial charge < -0.3 is 14.7 Å². The van der Waals surface area contributed by atoms with Crippen LogP contribution < -0.4 is 0 Å². The molecule has 1 aliphatic heterocycles. The number of carbonyl (C=O) groups is 1. The van der Waals surface area contributed by atoms with Crippen molar-refractivity contribution in [1.29, 1.82) is 0 Å². The number of nitrogens with zero attached hydrogens (tertiary/aromatic N) is 1. The zero-order valence-electron chi connectivity index (χ0n) is 15.1. The van der Waals surface area contributed by atoms with Crippen molar-refractivity contribution in [2.75, 3.05) is 26.3 Å². The lowest BCUT2D eigenvalue weighted by Crippen LogP contribution is -2.38. The van der Waals surface area contributed by atoms with Crippen molar-refractivity contribution >= 4 is 5.91 Å². The van der Waals surface area contributed by atoms with Gasteiger partial charge in [0.15, 0.2) is 0 Å². The summed E-state index contributed by atoms with van der Waals surface area (Å²) in [5, 5.41) is 9.46. The maximum Gasteiger partial charge on any atom is 0.248 e. The van der Waals surface area contributed by atoms with Crippen LogP contribution in [-0.2, 0) is 9.53 Å². The van der Waals surface area contributed by atoms with Gasteiger partial charge in [0, 0.05) is 19.7 Å². The van der Waals surface area contributed by atoms with Crippen LogP contribution in [0, 0.1) is 5.92 Å². The molecule has 0 aliphatic carbocycles. The molecule has 4 nitrogen and oxygen atoms in total. The van der Waals surface area contributed by atoms with Crippen molar-refractivity contribution in [3.63, 3.8) is 0 Å². The van der Waals surface area contributed by atoms with Gasteiger partial charge in [0.1, 0.15) is 12.7 Å². The maximum absolute atomic E-state index is 12.7. The van der Waals surface area contributed by atoms with Crippen molar-refractivity contribution < 1.29 is 14.6 Å². The molecule has 0 spiro atoms. The predicted octanol–water partition coefficient (Wildman–Crippen LogP) is 3.41. The minimum atomic E-state index is -0.262. The molecule has 0 aromatic heterocycles. The molecule has 4 heteroatoms. The fraction of sp³-hybridized carbons (Fsp3) is 0.409. The summed E-state index contributed by atoms with van der Waals surface area (Å²) in [4.78, 5) is 14.5. The van der Waals surface area contributed by atoms with Crippen molar-refractivity contribution in [3.05, 3.63) is 71.8 Å². The molecule has 1 amide bonds. The third-order valence-electron chi connectivity index (χ3n) is 4.96. The first kappa shape index (κ1) is 18.6. The third-order valence-corrected chi connectivity index (χ3v) is 4.96. The molecular formula is C22H27NO3. The first-order valence-electron chi connectivity index (χ1n) is 9.38. The van der Waals surface area contributed by atoms with E-state index in [1.807, 2.05) is 65.6 Å². The molecule has 3 rings (SSSR count). The molecule has 1 N–H and O–H groups in total. The van der Waals surface area contributed by atoms with E-state index in [-0.39, 0.29) is 31.1 Å². The molecule has 0 bridgehead atoms. The van der Waals surface area contributed by atoms with Gasteiger partial charge >= 0.3 is 0 Å². The highest BCUT2D eigenvalue weighted by Crippen LogP contribution is 2.26. The molecular weight excluding hydrogens is 326 g/mol. The maximum atomic E-state index is 12.7. The molecule has 0 saturated carbocycles. The number of likely N-dealkylation sites (tertiary alicyclic amines) is 1. The molecule has 1 atom stereocenters. The average Bonchev–Trinajstić information content (AvgIpc) is 2.95. The fourth-order valence-electron chi connectivity index (χ4n) is 3.49. The second kappa shape index (κ2) is 9.51. The first-order chi connectivity index (χ1) is 12.8. The molecule has 2 aromatic carbocycles. The number of carbonyl (C=O) groups excluding carboxylic acids is 1. The summed E-state index contributed by atoms with van der Waals surface area (Å²) in [6.07, 6.45) is 2.77. The van der Waals surface area contributed by atoms with Gasteiger partial charge in [-0.15, -0.1) is 0 Å². The van der Waals surface area contributed by atoms with Crippen LogP contribution in [0.3, 0.4) is 0 Å². The van der Waals surface area contributed by atoms with Crippen LogP contribution in [0.5, 0.6) is 0 Å². The molecule has 0 radical (unpaired) electrons. The zero-order valence-corrected chi connectivity index (χ0v) is 15.1. The summed E-state index contributed by atoms with van der Waals surface area (Å²) in [7, 11) is 0. The van der Waals surface area contributed by atoms with Gasteiger partial charge in [-0.05, 0) is 29.9 Å². The highest BCUT2D eigenvalue weighted by atomic mass is 16.5. The lowest BCUT2D eigenvalue weighted by atomic mass is 10.0. The minimum Gasteiger partial charge on any atom is -0.396 e. The second-order valence-corrected chi connectivity index (χ2v) is 6.90. The van der Waals surface area contributed by atoms with Gasteiger partial charge in [-0.2, -0.15) is 0 Å². The summed E-state index contributed by atoms with van der Waals surface area (Å²) in [5.74, 6) is 0.183. The Bertz CT molecular complexity index is 635. The number of benzene rings is 2. The molecule has 138 valence electrons. The van der Waals surface area contributed by atoms with Gasteiger partial charge in [0.25, 0.3) is 0 Å². The number of aliphatic hydroxyl groups excluding tert-OH is 1. The SMILES string of the molecule is O=C(COC(c1ccccc1)c1ccccc1)N1CCCCC(CO)C1. The largest absolute Gasteiger partial charge is 0.396 e. The van der Waals surface area contributed by atoms with E-state index >= 15 is 0 Å². The number of amides is 1. The summed E-state index contributed by atoms with van der Waals surface area (Å²) < 4.78 is 6.09. The Morgan fingerprint density at radius 3 is 2.23 bits per heavy atom. The number of aliphatic hydroxyl groups is 1. The van der Waals surface area contributed by atoms with Gasteiger partial charge in [0.05, 0.1) is 0 Å². The monoisotopic (exact) mass is 353 g/mol. The van der Waals surface area contributed by atoms with Crippen molar-refractivity contribution in [2.24, 2.45) is 5.92 Å². The number of ether oxygens (including phenoxy) is 1. The van der Waals surface area contributed by atoms with E-state index < -0.39 is 0 Å². The molecule has 26 heavy (non-hydrogen) atoms. The molecule has 1 fully saturated rings. The zero-order chi connectivity index (χ0) is 18.2. The van der Waals surface area contributed by atoms with Crippen LogP contribution in [-0.4, -0.2) is 42.2 Å². The van der Waals surface area contributed by atoms with Crippen LogP contribution in [0.15, 0.2) is 60.7 Å². The van der Waals surface area contributed by atoms with Gasteiger partial charge in [-0.25, -0.2) is 0 Å². The molecule has 1 aliphatic rings. The fourth-order valence-corrected chi connectivity index (χ4v) is 3.49. The van der Waals surface area contributed by atoms with Crippen LogP contribution in [0.25, 0.3) is 0 Å². The predicted molar refractivity (Wildman–Crippen MR) is 102 cm³/mol. The van der Waals surface area contributed by atoms with Gasteiger partial charge in [-0.3, -0.25) is 4.79 Å². The van der Waals surface area contributed by atoms with E-state index in [1.165, 1.54) is 0 Å². The Hall–Kier alpha value is -2.17. The minimum absolute atomic E-state index is 0.00205. The Labute approximate surface area is 155 Å². The van der Waals surface area contributed by atoms with E-state index in [0.717, 1.165) is 36.9 Å². The summed E-state index contributed by atoms with van der Waals surface area (Å²) in [5.41, 5.74) is 2.08. The summed E-state index contributed by atoms with van der Waals surface area (Å²) in [6.45, 7) is 1.56. The third kappa shape index (κ3) is 4.93. The topological polar surface area (TPSA) is 49.8 Å². The lowest BCUT2D eigenvalue weighted by Gasteiger charge is -2.25. The number of hydrogen-bond donors (Lipinski definition) is 1. The summed E-state index contributed by atoms with van der Waals surface area (Å²) >= 11 is 0. The van der Waals surface area contributed by atoms with Crippen LogP contribution in [0.2, 0.25) is 0 Å². The first-order valence-corrected chi connectivity index (χ1v) is 9.38. The Morgan fingerprint density at radius 2 is 1.65 bits per heavy atom. The van der Waals surface area contributed by atoms with Crippen LogP contribution in [0.4, 0.5) is 0 Å². The van der Waals surface area contributed by atoms with E-state index in [1.54, 1.807) is 0 Å². The Kier molecular flexibility index (Phi) is 6.81. The molecule has 1 unspecified atom stereocenters. The molecule has 1 heterocycles. The second-order valence-electron chi connectivity index (χ2n) is 6.90. The van der Waals surface area contributed by atoms with E-state index in [2.05, 4.69) is 0 Å². The lowest BCUT2D eigenvalue weighted by molar-refractivity contribution is -0.138. The molecule has 1 saturated heterocycles. The van der Waals surface area contributed by atoms with Crippen molar-refractivity contribution in [3.8, 4) is 0 Å².